The minimum atomic E-state index is -0.264. The van der Waals surface area contributed by atoms with Crippen molar-refractivity contribution in [1.82, 2.24) is 20.2 Å². The summed E-state index contributed by atoms with van der Waals surface area (Å²) in [5.74, 6) is 0.910. The van der Waals surface area contributed by atoms with E-state index >= 15 is 0 Å². The number of aryl methyl sites for hydroxylation is 1. The number of fused-ring (bicyclic) bond motifs is 1. The maximum Gasteiger partial charge on any atom is 0.222 e. The van der Waals surface area contributed by atoms with Gasteiger partial charge in [-0.25, -0.2) is 4.98 Å². The Morgan fingerprint density at radius 1 is 1.52 bits per heavy atom. The highest BCUT2D eigenvalue weighted by Gasteiger charge is 2.23. The molecule has 0 aliphatic carbocycles. The van der Waals surface area contributed by atoms with Gasteiger partial charge in [0.2, 0.25) is 11.8 Å². The van der Waals surface area contributed by atoms with Gasteiger partial charge in [0, 0.05) is 43.2 Å². The number of hydrogen-bond donors (Lipinski definition) is 2. The summed E-state index contributed by atoms with van der Waals surface area (Å²) in [6.07, 6.45) is 5.76. The number of thiophene rings is 1. The van der Waals surface area contributed by atoms with Crippen LogP contribution in [0.15, 0.2) is 29.9 Å². The predicted molar refractivity (Wildman–Crippen MR) is 88.0 cm³/mol. The molecule has 7 heteroatoms. The monoisotopic (exact) mass is 332 g/mol. The number of amides is 2. The summed E-state index contributed by atoms with van der Waals surface area (Å²) >= 11 is 1.55. The number of aromatic nitrogens is 2. The van der Waals surface area contributed by atoms with Crippen molar-refractivity contribution in [3.05, 3.63) is 40.6 Å². The molecule has 122 valence electrons. The van der Waals surface area contributed by atoms with Crippen molar-refractivity contribution in [1.29, 1.82) is 0 Å². The quantitative estimate of drug-likeness (QED) is 0.874. The summed E-state index contributed by atoms with van der Waals surface area (Å²) in [5, 5.41) is 7.89. The number of carbonyl (C=O) groups is 2. The normalized spacial score (nSPS) is 18.0. The number of nitrogens with zero attached hydrogens (tertiary/aromatic N) is 2. The van der Waals surface area contributed by atoms with Gasteiger partial charge >= 0.3 is 0 Å². The molecule has 3 heterocycles. The van der Waals surface area contributed by atoms with Gasteiger partial charge < -0.3 is 15.2 Å². The molecular formula is C16H20N4O2S. The van der Waals surface area contributed by atoms with Crippen molar-refractivity contribution >= 4 is 23.2 Å². The van der Waals surface area contributed by atoms with E-state index in [1.54, 1.807) is 17.5 Å². The second-order valence-electron chi connectivity index (χ2n) is 5.77. The van der Waals surface area contributed by atoms with E-state index in [0.717, 1.165) is 30.1 Å². The van der Waals surface area contributed by atoms with Crippen LogP contribution in [0.4, 0.5) is 0 Å². The van der Waals surface area contributed by atoms with Crippen LogP contribution in [0.2, 0.25) is 0 Å². The van der Waals surface area contributed by atoms with Gasteiger partial charge in [0.25, 0.3) is 0 Å². The molecule has 3 rings (SSSR count). The lowest BCUT2D eigenvalue weighted by Crippen LogP contribution is -2.42. The minimum absolute atomic E-state index is 0.0364. The molecule has 0 saturated heterocycles. The Balaban J connectivity index is 1.58. The first-order valence-corrected chi connectivity index (χ1v) is 8.59. The highest BCUT2D eigenvalue weighted by Crippen LogP contribution is 2.22. The first-order valence-electron chi connectivity index (χ1n) is 7.71. The summed E-state index contributed by atoms with van der Waals surface area (Å²) in [7, 11) is 0. The summed E-state index contributed by atoms with van der Waals surface area (Å²) in [4.78, 5) is 29.0. The maximum absolute atomic E-state index is 12.4. The molecular weight excluding hydrogens is 312 g/mol. The average molecular weight is 332 g/mol. The van der Waals surface area contributed by atoms with Crippen LogP contribution in [-0.2, 0) is 22.6 Å². The highest BCUT2D eigenvalue weighted by molar-refractivity contribution is 7.10. The fourth-order valence-corrected chi connectivity index (χ4v) is 3.69. The minimum Gasteiger partial charge on any atom is -0.351 e. The van der Waals surface area contributed by atoms with Crippen molar-refractivity contribution in [2.45, 2.75) is 44.8 Å². The molecule has 23 heavy (non-hydrogen) atoms. The molecule has 1 aliphatic heterocycles. The molecule has 0 bridgehead atoms. The first kappa shape index (κ1) is 15.7. The molecule has 2 atom stereocenters. The Kier molecular flexibility index (Phi) is 4.76. The van der Waals surface area contributed by atoms with Gasteiger partial charge in [-0.1, -0.05) is 6.07 Å². The Bertz CT molecular complexity index is 680. The molecule has 0 radical (unpaired) electrons. The Morgan fingerprint density at radius 2 is 2.39 bits per heavy atom. The van der Waals surface area contributed by atoms with E-state index < -0.39 is 0 Å². The molecule has 0 fully saturated rings. The Morgan fingerprint density at radius 3 is 3.13 bits per heavy atom. The van der Waals surface area contributed by atoms with Crippen LogP contribution in [0.3, 0.4) is 0 Å². The van der Waals surface area contributed by atoms with Crippen LogP contribution in [0, 0.1) is 0 Å². The van der Waals surface area contributed by atoms with Gasteiger partial charge in [-0.2, -0.15) is 0 Å². The molecule has 0 spiro atoms. The van der Waals surface area contributed by atoms with E-state index in [2.05, 4.69) is 20.2 Å². The predicted octanol–water partition coefficient (Wildman–Crippen LogP) is 1.64. The lowest BCUT2D eigenvalue weighted by Gasteiger charge is -2.25. The molecule has 2 aromatic rings. The molecule has 1 aliphatic rings. The number of nitrogens with one attached hydrogen (secondary N) is 2. The second-order valence-corrected chi connectivity index (χ2v) is 6.75. The van der Waals surface area contributed by atoms with Crippen LogP contribution < -0.4 is 10.6 Å². The number of carbonyl (C=O) groups excluding carboxylic acids is 2. The smallest absolute Gasteiger partial charge is 0.222 e. The summed E-state index contributed by atoms with van der Waals surface area (Å²) < 4.78 is 2.08. The summed E-state index contributed by atoms with van der Waals surface area (Å²) in [6, 6.07) is 3.72. The van der Waals surface area contributed by atoms with Crippen molar-refractivity contribution in [2.75, 3.05) is 0 Å². The third-order valence-electron chi connectivity index (χ3n) is 3.95. The zero-order chi connectivity index (χ0) is 16.2. The maximum atomic E-state index is 12.4. The summed E-state index contributed by atoms with van der Waals surface area (Å²) in [5.41, 5.74) is 0. The van der Waals surface area contributed by atoms with Gasteiger partial charge in [0.15, 0.2) is 0 Å². The Hall–Kier alpha value is -2.15. The van der Waals surface area contributed by atoms with Gasteiger partial charge in [-0.15, -0.1) is 11.3 Å². The van der Waals surface area contributed by atoms with E-state index in [1.807, 2.05) is 23.7 Å². The van der Waals surface area contributed by atoms with E-state index in [1.165, 1.54) is 6.92 Å². The van der Waals surface area contributed by atoms with E-state index in [0.29, 0.717) is 0 Å². The van der Waals surface area contributed by atoms with E-state index in [-0.39, 0.29) is 30.3 Å². The van der Waals surface area contributed by atoms with Crippen molar-refractivity contribution in [3.8, 4) is 0 Å². The topological polar surface area (TPSA) is 76.0 Å². The van der Waals surface area contributed by atoms with Gasteiger partial charge in [-0.05, 0) is 17.9 Å². The third-order valence-corrected chi connectivity index (χ3v) is 4.94. The molecule has 2 N–H and O–H groups in total. The number of hydrogen-bond acceptors (Lipinski definition) is 4. The zero-order valence-electron chi connectivity index (χ0n) is 13.0. The van der Waals surface area contributed by atoms with Gasteiger partial charge in [0.1, 0.15) is 5.82 Å². The van der Waals surface area contributed by atoms with E-state index in [9.17, 15) is 9.59 Å². The zero-order valence-corrected chi connectivity index (χ0v) is 13.8. The van der Waals surface area contributed by atoms with Gasteiger partial charge in [-0.3, -0.25) is 9.59 Å². The molecule has 2 aromatic heterocycles. The molecule has 0 aromatic carbocycles. The second kappa shape index (κ2) is 6.95. The Labute approximate surface area is 138 Å². The highest BCUT2D eigenvalue weighted by atomic mass is 32.1. The van der Waals surface area contributed by atoms with Crippen LogP contribution in [-0.4, -0.2) is 27.4 Å². The van der Waals surface area contributed by atoms with Crippen LogP contribution in [0.25, 0.3) is 0 Å². The number of imidazole rings is 1. The largest absolute Gasteiger partial charge is 0.351 e. The van der Waals surface area contributed by atoms with Crippen molar-refractivity contribution < 1.29 is 9.59 Å². The van der Waals surface area contributed by atoms with Crippen LogP contribution in [0.5, 0.6) is 0 Å². The number of rotatable bonds is 5. The molecule has 0 unspecified atom stereocenters. The lowest BCUT2D eigenvalue weighted by molar-refractivity contribution is -0.123. The van der Waals surface area contributed by atoms with Crippen LogP contribution >= 0.6 is 11.3 Å². The van der Waals surface area contributed by atoms with Gasteiger partial charge in [0.05, 0.1) is 12.5 Å². The molecule has 6 nitrogen and oxygen atoms in total. The van der Waals surface area contributed by atoms with E-state index in [4.69, 9.17) is 0 Å². The standard InChI is InChI=1S/C16H20N4O2S/c1-11(21)18-13(14-3-2-8-23-14)9-16(22)19-12-4-5-15-17-6-7-20(15)10-12/h2-3,6-8,12-13H,4-5,9-10H2,1H3,(H,18,21)(H,19,22)/t12-,13-/m0/s1. The fraction of sp³-hybridized carbons (Fsp3) is 0.438. The van der Waals surface area contributed by atoms with Crippen molar-refractivity contribution in [2.24, 2.45) is 0 Å². The SMILES string of the molecule is CC(=O)N[C@@H](CC(=O)N[C@H]1CCc2nccn2C1)c1cccs1. The molecule has 2 amide bonds. The summed E-state index contributed by atoms with van der Waals surface area (Å²) in [6.45, 7) is 2.23. The van der Waals surface area contributed by atoms with Crippen molar-refractivity contribution in [3.63, 3.8) is 0 Å². The first-order chi connectivity index (χ1) is 11.1. The van der Waals surface area contributed by atoms with Crippen LogP contribution in [0.1, 0.15) is 36.5 Å². The lowest BCUT2D eigenvalue weighted by atomic mass is 10.1. The fourth-order valence-electron chi connectivity index (χ4n) is 2.91. The third kappa shape index (κ3) is 3.98. The average Bonchev–Trinajstić information content (AvgIpc) is 3.17. The molecule has 0 saturated carbocycles.